The molecule has 1 aliphatic heterocycles. The number of imide groups is 1. The number of likely N-dealkylation sites (tertiary alicyclic amines) is 1. The Balaban J connectivity index is 0.00000272. The summed E-state index contributed by atoms with van der Waals surface area (Å²) in [6.07, 6.45) is 5.88. The van der Waals surface area contributed by atoms with Crippen LogP contribution in [0.2, 0.25) is 5.02 Å². The van der Waals surface area contributed by atoms with E-state index in [2.05, 4.69) is 27.8 Å². The Kier molecular flexibility index (Phi) is 8.21. The van der Waals surface area contributed by atoms with Gasteiger partial charge in [-0.15, -0.1) is 24.0 Å². The van der Waals surface area contributed by atoms with E-state index in [0.29, 0.717) is 49.4 Å². The van der Waals surface area contributed by atoms with Gasteiger partial charge in [-0.3, -0.25) is 19.5 Å². The average molecular weight is 559 g/mol. The molecule has 2 aliphatic carbocycles. The number of aliphatic imine (C=N–C) groups is 1. The van der Waals surface area contributed by atoms with Crippen LogP contribution in [0.5, 0.6) is 5.75 Å². The van der Waals surface area contributed by atoms with E-state index in [1.807, 2.05) is 18.2 Å². The van der Waals surface area contributed by atoms with Crippen molar-refractivity contribution in [1.29, 1.82) is 0 Å². The summed E-state index contributed by atoms with van der Waals surface area (Å²) in [4.78, 5) is 31.0. The number of hydrogen-bond donors (Lipinski definition) is 2. The lowest BCUT2D eigenvalue weighted by atomic mass is 9.85. The molecule has 7 nitrogen and oxygen atoms in total. The predicted molar refractivity (Wildman–Crippen MR) is 131 cm³/mol. The van der Waals surface area contributed by atoms with Crippen molar-refractivity contribution in [3.8, 4) is 5.75 Å². The van der Waals surface area contributed by atoms with Gasteiger partial charge in [0.05, 0.1) is 23.4 Å². The number of benzene rings is 1. The Bertz CT molecular complexity index is 848. The largest absolute Gasteiger partial charge is 0.490 e. The van der Waals surface area contributed by atoms with Crippen LogP contribution in [-0.4, -0.2) is 56.0 Å². The van der Waals surface area contributed by atoms with E-state index >= 15 is 0 Å². The highest BCUT2D eigenvalue weighted by atomic mass is 127. The monoisotopic (exact) mass is 558 g/mol. The van der Waals surface area contributed by atoms with Gasteiger partial charge in [-0.1, -0.05) is 35.9 Å². The number of hydrogen-bond acceptors (Lipinski definition) is 4. The van der Waals surface area contributed by atoms with Crippen LogP contribution in [0.15, 0.2) is 41.4 Å². The van der Waals surface area contributed by atoms with E-state index in [0.717, 1.165) is 6.42 Å². The Labute approximate surface area is 204 Å². The van der Waals surface area contributed by atoms with E-state index in [4.69, 9.17) is 16.3 Å². The van der Waals surface area contributed by atoms with Crippen LogP contribution in [0.1, 0.15) is 12.8 Å². The molecule has 1 aromatic rings. The molecule has 2 bridgehead atoms. The van der Waals surface area contributed by atoms with Crippen molar-refractivity contribution in [1.82, 2.24) is 15.5 Å². The topological polar surface area (TPSA) is 83.0 Å². The molecule has 9 heteroatoms. The number of guanidine groups is 1. The minimum absolute atomic E-state index is 0. The quantitative estimate of drug-likeness (QED) is 0.128. The number of nitrogens with zero attached hydrogens (tertiary/aromatic N) is 2. The zero-order chi connectivity index (χ0) is 21.1. The first-order chi connectivity index (χ1) is 14.6. The number of allylic oxidation sites excluding steroid dienone is 2. The predicted octanol–water partition coefficient (Wildman–Crippen LogP) is 2.70. The molecule has 31 heavy (non-hydrogen) atoms. The molecule has 0 spiro atoms. The molecule has 1 saturated heterocycles. The Hall–Kier alpha value is -1.81. The number of halogens is 2. The highest BCUT2D eigenvalue weighted by molar-refractivity contribution is 14.0. The van der Waals surface area contributed by atoms with Gasteiger partial charge in [0.2, 0.25) is 11.8 Å². The van der Waals surface area contributed by atoms with E-state index in [-0.39, 0.29) is 59.5 Å². The lowest BCUT2D eigenvalue weighted by Gasteiger charge is -2.18. The minimum Gasteiger partial charge on any atom is -0.490 e. The molecule has 1 heterocycles. The maximum absolute atomic E-state index is 12.7. The van der Waals surface area contributed by atoms with Crippen molar-refractivity contribution in [3.05, 3.63) is 41.4 Å². The van der Waals surface area contributed by atoms with Crippen molar-refractivity contribution in [3.63, 3.8) is 0 Å². The third kappa shape index (κ3) is 5.00. The SMILES string of the molecule is CN=C(NCCCN1C(=O)C2C3C=CC(C3)C2C1=O)NCCOc1ccccc1Cl.I. The highest BCUT2D eigenvalue weighted by Gasteiger charge is 2.58. The van der Waals surface area contributed by atoms with Gasteiger partial charge >= 0.3 is 0 Å². The third-order valence-electron chi connectivity index (χ3n) is 6.12. The van der Waals surface area contributed by atoms with E-state index < -0.39 is 0 Å². The lowest BCUT2D eigenvalue weighted by Crippen LogP contribution is -2.41. The van der Waals surface area contributed by atoms with Gasteiger partial charge < -0.3 is 15.4 Å². The van der Waals surface area contributed by atoms with Crippen molar-refractivity contribution < 1.29 is 14.3 Å². The van der Waals surface area contributed by atoms with Gasteiger partial charge in [0, 0.05) is 20.1 Å². The molecule has 2 N–H and O–H groups in total. The van der Waals surface area contributed by atoms with Crippen LogP contribution < -0.4 is 15.4 Å². The molecule has 2 fully saturated rings. The standard InChI is InChI=1S/C22H27ClN4O3.HI/c1-24-22(26-10-12-30-17-6-3-2-5-16(17)23)25-9-4-11-27-20(28)18-14-7-8-15(13-14)19(18)21(27)29;/h2-3,5-8,14-15,18-19H,4,9-13H2,1H3,(H2,24,25,26);1H. The van der Waals surface area contributed by atoms with Gasteiger partial charge in [-0.2, -0.15) is 0 Å². The Morgan fingerprint density at radius 3 is 2.42 bits per heavy atom. The van der Waals surface area contributed by atoms with Gasteiger partial charge in [0.15, 0.2) is 5.96 Å². The number of rotatable bonds is 8. The first kappa shape index (κ1) is 23.8. The Morgan fingerprint density at radius 2 is 1.77 bits per heavy atom. The zero-order valence-corrected chi connectivity index (χ0v) is 20.5. The van der Waals surface area contributed by atoms with Crippen LogP contribution in [0.4, 0.5) is 0 Å². The summed E-state index contributed by atoms with van der Waals surface area (Å²) in [5, 5.41) is 6.96. The summed E-state index contributed by atoms with van der Waals surface area (Å²) < 4.78 is 5.64. The van der Waals surface area contributed by atoms with Gasteiger partial charge in [-0.25, -0.2) is 0 Å². The molecular weight excluding hydrogens is 531 g/mol. The number of carbonyl (C=O) groups is 2. The summed E-state index contributed by atoms with van der Waals surface area (Å²) in [7, 11) is 1.70. The average Bonchev–Trinajstić information content (AvgIpc) is 3.43. The molecule has 4 atom stereocenters. The second-order valence-electron chi connectivity index (χ2n) is 7.89. The van der Waals surface area contributed by atoms with Crippen molar-refractivity contribution in [2.24, 2.45) is 28.7 Å². The van der Waals surface area contributed by atoms with Crippen molar-refractivity contribution >= 4 is 53.4 Å². The first-order valence-corrected chi connectivity index (χ1v) is 10.8. The summed E-state index contributed by atoms with van der Waals surface area (Å²) in [6, 6.07) is 7.34. The molecular formula is C22H28ClIN4O3. The third-order valence-corrected chi connectivity index (χ3v) is 6.44. The molecule has 4 unspecified atom stereocenters. The number of carbonyl (C=O) groups excluding carboxylic acids is 2. The second-order valence-corrected chi connectivity index (χ2v) is 8.29. The maximum Gasteiger partial charge on any atom is 0.233 e. The number of nitrogens with one attached hydrogen (secondary N) is 2. The summed E-state index contributed by atoms with van der Waals surface area (Å²) in [5.74, 6) is 1.61. The van der Waals surface area contributed by atoms with E-state index in [9.17, 15) is 9.59 Å². The van der Waals surface area contributed by atoms with Crippen molar-refractivity contribution in [2.45, 2.75) is 12.8 Å². The smallest absolute Gasteiger partial charge is 0.233 e. The summed E-state index contributed by atoms with van der Waals surface area (Å²) in [6.45, 7) is 2.07. The highest BCUT2D eigenvalue weighted by Crippen LogP contribution is 2.52. The van der Waals surface area contributed by atoms with Crippen LogP contribution >= 0.6 is 35.6 Å². The lowest BCUT2D eigenvalue weighted by molar-refractivity contribution is -0.140. The van der Waals surface area contributed by atoms with Crippen LogP contribution in [0, 0.1) is 23.7 Å². The minimum atomic E-state index is -0.118. The number of fused-ring (bicyclic) bond motifs is 5. The molecule has 4 rings (SSSR count). The van der Waals surface area contributed by atoms with Gasteiger partial charge in [0.1, 0.15) is 12.4 Å². The van der Waals surface area contributed by atoms with Crippen LogP contribution in [0.25, 0.3) is 0 Å². The van der Waals surface area contributed by atoms with Gasteiger partial charge in [-0.05, 0) is 36.8 Å². The normalized spacial score (nSPS) is 26.1. The Morgan fingerprint density at radius 1 is 1.13 bits per heavy atom. The molecule has 168 valence electrons. The summed E-state index contributed by atoms with van der Waals surface area (Å²) in [5.41, 5.74) is 0. The number of ether oxygens (including phenoxy) is 1. The number of para-hydroxylation sites is 1. The zero-order valence-electron chi connectivity index (χ0n) is 17.4. The van der Waals surface area contributed by atoms with Crippen LogP contribution in [0.3, 0.4) is 0 Å². The molecule has 0 aromatic heterocycles. The number of amides is 2. The van der Waals surface area contributed by atoms with E-state index in [1.54, 1.807) is 13.1 Å². The first-order valence-electron chi connectivity index (χ1n) is 10.5. The fourth-order valence-corrected chi connectivity index (χ4v) is 4.93. The van der Waals surface area contributed by atoms with Crippen LogP contribution in [-0.2, 0) is 9.59 Å². The molecule has 3 aliphatic rings. The summed E-state index contributed by atoms with van der Waals surface area (Å²) >= 11 is 6.07. The fraction of sp³-hybridized carbons (Fsp3) is 0.500. The van der Waals surface area contributed by atoms with Gasteiger partial charge in [0.25, 0.3) is 0 Å². The molecule has 1 aromatic carbocycles. The fourth-order valence-electron chi connectivity index (χ4n) is 4.74. The second kappa shape index (κ2) is 10.7. The maximum atomic E-state index is 12.7. The van der Waals surface area contributed by atoms with E-state index in [1.165, 1.54) is 4.90 Å². The van der Waals surface area contributed by atoms with Crippen molar-refractivity contribution in [2.75, 3.05) is 33.3 Å². The molecule has 2 amide bonds. The molecule has 0 radical (unpaired) electrons. The molecule has 1 saturated carbocycles.